The molecule has 1 aliphatic heterocycles. The maximum atomic E-state index is 13.2. The number of hydrogen-bond acceptors (Lipinski definition) is 11. The zero-order valence-corrected chi connectivity index (χ0v) is 48.2. The summed E-state index contributed by atoms with van der Waals surface area (Å²) in [6, 6.07) is 0. The van der Waals surface area contributed by atoms with Crippen molar-refractivity contribution in [1.29, 1.82) is 0 Å². The first-order valence-corrected chi connectivity index (χ1v) is 30.2. The van der Waals surface area contributed by atoms with Crippen molar-refractivity contribution in [3.05, 3.63) is 97.2 Å². The van der Waals surface area contributed by atoms with E-state index in [1.54, 1.807) is 0 Å². The zero-order valence-electron chi connectivity index (χ0n) is 48.2. The minimum atomic E-state index is -1.92. The maximum Gasteiger partial charge on any atom is 0.335 e. The van der Waals surface area contributed by atoms with E-state index in [0.717, 1.165) is 154 Å². The molecule has 12 nitrogen and oxygen atoms in total. The smallest absolute Gasteiger partial charge is 0.335 e. The fraction of sp³-hybridized carbons (Fsp3) is 0.692. The second-order valence-electron chi connectivity index (χ2n) is 20.2. The Morgan fingerprint density at radius 1 is 0.442 bits per heavy atom. The van der Waals surface area contributed by atoms with Crippen LogP contribution < -0.4 is 0 Å². The molecule has 0 aromatic rings. The highest BCUT2D eigenvalue weighted by Gasteiger charge is 2.50. The molecular formula is C65H106O12. The lowest BCUT2D eigenvalue weighted by molar-refractivity contribution is -0.301. The van der Waals surface area contributed by atoms with E-state index in [0.29, 0.717) is 19.3 Å². The molecule has 0 aromatic heterocycles. The number of carboxylic acid groups (broad SMARTS) is 1. The van der Waals surface area contributed by atoms with Crippen LogP contribution in [0.5, 0.6) is 0 Å². The number of ether oxygens (including phenoxy) is 5. The van der Waals surface area contributed by atoms with Crippen molar-refractivity contribution in [2.45, 2.75) is 276 Å². The summed E-state index contributed by atoms with van der Waals surface area (Å²) in [6.07, 6.45) is 56.5. The summed E-state index contributed by atoms with van der Waals surface area (Å²) in [5.74, 6) is -3.18. The minimum absolute atomic E-state index is 0.0375. The van der Waals surface area contributed by atoms with Gasteiger partial charge in [0.1, 0.15) is 18.8 Å². The molecule has 1 saturated heterocycles. The monoisotopic (exact) mass is 1080 g/mol. The van der Waals surface area contributed by atoms with Crippen molar-refractivity contribution in [2.24, 2.45) is 0 Å². The molecule has 1 heterocycles. The SMILES string of the molecule is CC/C=C\C/C=C\C/C=C\CCCCCCCCCC(=O)OCC(COC1OC(C(=O)O)C(O)C(O)C1OC(=O)CCCCCCC/C=C\C/C=C\CCCCC)OC(=O)CCCCCCC/C=C\C/C=C\C/C=C\CC. The Balaban J connectivity index is 2.71. The highest BCUT2D eigenvalue weighted by molar-refractivity contribution is 5.74. The number of rotatable bonds is 50. The molecule has 0 aliphatic carbocycles. The van der Waals surface area contributed by atoms with Crippen molar-refractivity contribution in [3.63, 3.8) is 0 Å². The summed E-state index contributed by atoms with van der Waals surface area (Å²) in [6.45, 7) is 5.72. The van der Waals surface area contributed by atoms with E-state index >= 15 is 0 Å². The molecule has 0 aromatic carbocycles. The van der Waals surface area contributed by atoms with Gasteiger partial charge < -0.3 is 39.0 Å². The highest BCUT2D eigenvalue weighted by Crippen LogP contribution is 2.26. The number of allylic oxidation sites excluding steroid dienone is 16. The average molecular weight is 1080 g/mol. The third kappa shape index (κ3) is 42.3. The number of aliphatic hydroxyl groups excluding tert-OH is 2. The van der Waals surface area contributed by atoms with Crippen LogP contribution in [0.3, 0.4) is 0 Å². The molecule has 6 unspecified atom stereocenters. The Morgan fingerprint density at radius 2 is 0.818 bits per heavy atom. The molecule has 3 N–H and O–H groups in total. The lowest BCUT2D eigenvalue weighted by Gasteiger charge is -2.40. The van der Waals surface area contributed by atoms with E-state index in [2.05, 4.69) is 118 Å². The van der Waals surface area contributed by atoms with Crippen LogP contribution in [0.15, 0.2) is 97.2 Å². The molecule has 0 spiro atoms. The number of aliphatic carboxylic acids is 1. The van der Waals surface area contributed by atoms with Gasteiger partial charge in [-0.05, 0) is 116 Å². The number of carbonyl (C=O) groups is 4. The standard InChI is InChI=1S/C65H106O12/c1-4-7-10-13-16-19-22-25-28-29-32-33-36-39-42-45-48-51-57(66)73-54-56(75-58(67)52-49-46-43-40-37-34-30-26-23-20-17-14-11-8-5-2)55-74-65-63(61(70)60(69)62(77-65)64(71)72)76-59(68)53-50-47-44-41-38-35-31-27-24-21-18-15-12-9-6-3/h7-8,10-11,16-21,25-28,30-31,56,60-63,65,69-70H,4-6,9,12-15,22-24,29,32-55H2,1-3H3,(H,71,72)/b10-7-,11-8-,19-16-,20-17-,21-18-,28-25-,30-26-,31-27-. The molecule has 0 saturated carbocycles. The number of hydrogen-bond donors (Lipinski definition) is 3. The van der Waals surface area contributed by atoms with Crippen LogP contribution in [0, 0.1) is 0 Å². The number of carboxylic acids is 1. The third-order valence-corrected chi connectivity index (χ3v) is 13.1. The van der Waals surface area contributed by atoms with Crippen LogP contribution in [-0.4, -0.2) is 89.2 Å². The molecule has 1 rings (SSSR count). The Kier molecular flexibility index (Phi) is 48.0. The quantitative estimate of drug-likeness (QED) is 0.0228. The highest BCUT2D eigenvalue weighted by atomic mass is 16.7. The topological polar surface area (TPSA) is 175 Å². The van der Waals surface area contributed by atoms with Crippen LogP contribution in [-0.2, 0) is 42.9 Å². The molecule has 0 amide bonds. The second-order valence-corrected chi connectivity index (χ2v) is 20.2. The number of esters is 3. The molecule has 77 heavy (non-hydrogen) atoms. The van der Waals surface area contributed by atoms with Crippen LogP contribution in [0.2, 0.25) is 0 Å². The van der Waals surface area contributed by atoms with Crippen molar-refractivity contribution in [1.82, 2.24) is 0 Å². The van der Waals surface area contributed by atoms with Gasteiger partial charge in [0.05, 0.1) is 6.61 Å². The van der Waals surface area contributed by atoms with Crippen LogP contribution in [0.4, 0.5) is 0 Å². The van der Waals surface area contributed by atoms with E-state index < -0.39 is 67.3 Å². The lowest BCUT2D eigenvalue weighted by atomic mass is 9.98. The van der Waals surface area contributed by atoms with Crippen molar-refractivity contribution in [2.75, 3.05) is 13.2 Å². The van der Waals surface area contributed by atoms with Gasteiger partial charge in [0, 0.05) is 19.3 Å². The molecule has 1 fully saturated rings. The molecule has 12 heteroatoms. The average Bonchev–Trinajstić information content (AvgIpc) is 3.42. The maximum absolute atomic E-state index is 13.2. The Morgan fingerprint density at radius 3 is 1.25 bits per heavy atom. The predicted octanol–water partition coefficient (Wildman–Crippen LogP) is 15.7. The molecule has 0 radical (unpaired) electrons. The van der Waals surface area contributed by atoms with Gasteiger partial charge in [-0.1, -0.05) is 201 Å². The zero-order chi connectivity index (χ0) is 56.1. The van der Waals surface area contributed by atoms with Gasteiger partial charge in [0.15, 0.2) is 24.6 Å². The van der Waals surface area contributed by atoms with Crippen LogP contribution in [0.1, 0.15) is 239 Å². The van der Waals surface area contributed by atoms with Crippen molar-refractivity contribution >= 4 is 23.9 Å². The molecule has 438 valence electrons. The van der Waals surface area contributed by atoms with Crippen molar-refractivity contribution in [3.8, 4) is 0 Å². The number of carbonyl (C=O) groups excluding carboxylic acids is 3. The third-order valence-electron chi connectivity index (χ3n) is 13.1. The molecular weight excluding hydrogens is 973 g/mol. The van der Waals surface area contributed by atoms with Gasteiger partial charge in [0.2, 0.25) is 0 Å². The fourth-order valence-electron chi connectivity index (χ4n) is 8.54. The van der Waals surface area contributed by atoms with Gasteiger partial charge in [-0.15, -0.1) is 0 Å². The van der Waals surface area contributed by atoms with E-state index in [1.165, 1.54) is 25.7 Å². The largest absolute Gasteiger partial charge is 0.479 e. The van der Waals surface area contributed by atoms with Crippen LogP contribution >= 0.6 is 0 Å². The van der Waals surface area contributed by atoms with Gasteiger partial charge in [-0.25, -0.2) is 4.79 Å². The summed E-state index contributed by atoms with van der Waals surface area (Å²) in [4.78, 5) is 51.2. The molecule has 0 bridgehead atoms. The summed E-state index contributed by atoms with van der Waals surface area (Å²) in [7, 11) is 0. The van der Waals surface area contributed by atoms with Gasteiger partial charge >= 0.3 is 23.9 Å². The van der Waals surface area contributed by atoms with E-state index in [4.69, 9.17) is 23.7 Å². The Hall–Kier alpha value is -4.36. The lowest BCUT2D eigenvalue weighted by Crippen LogP contribution is -2.61. The van der Waals surface area contributed by atoms with Crippen LogP contribution in [0.25, 0.3) is 0 Å². The van der Waals surface area contributed by atoms with Gasteiger partial charge in [0.25, 0.3) is 0 Å². The molecule has 6 atom stereocenters. The van der Waals surface area contributed by atoms with E-state index in [-0.39, 0.29) is 25.9 Å². The second kappa shape index (κ2) is 52.3. The first-order chi connectivity index (χ1) is 37.6. The van der Waals surface area contributed by atoms with E-state index in [9.17, 15) is 34.5 Å². The summed E-state index contributed by atoms with van der Waals surface area (Å²) < 4.78 is 28.4. The van der Waals surface area contributed by atoms with E-state index in [1.807, 2.05) is 0 Å². The Bertz CT molecular complexity index is 1710. The fourth-order valence-corrected chi connectivity index (χ4v) is 8.54. The number of aliphatic hydroxyl groups is 2. The summed E-state index contributed by atoms with van der Waals surface area (Å²) in [5.41, 5.74) is 0. The predicted molar refractivity (Wildman–Crippen MR) is 312 cm³/mol. The molecule has 1 aliphatic rings. The first-order valence-electron chi connectivity index (χ1n) is 30.2. The van der Waals surface area contributed by atoms with Crippen molar-refractivity contribution < 1.29 is 58.2 Å². The first kappa shape index (κ1) is 70.7. The van der Waals surface area contributed by atoms with Gasteiger partial charge in [-0.3, -0.25) is 14.4 Å². The normalized spacial score (nSPS) is 18.7. The number of unbranched alkanes of at least 4 members (excludes halogenated alkanes) is 20. The van der Waals surface area contributed by atoms with Gasteiger partial charge in [-0.2, -0.15) is 0 Å². The minimum Gasteiger partial charge on any atom is -0.479 e. The Labute approximate surface area is 466 Å². The summed E-state index contributed by atoms with van der Waals surface area (Å²) in [5, 5.41) is 31.5. The summed E-state index contributed by atoms with van der Waals surface area (Å²) >= 11 is 0.